The number of nitrogens with zero attached hydrogens (tertiary/aromatic N) is 2. The van der Waals surface area contributed by atoms with Gasteiger partial charge in [-0.2, -0.15) is 0 Å². The topological polar surface area (TPSA) is 96.0 Å². The lowest BCUT2D eigenvalue weighted by Crippen LogP contribution is -2.53. The van der Waals surface area contributed by atoms with Crippen molar-refractivity contribution in [3.63, 3.8) is 0 Å². The van der Waals surface area contributed by atoms with Gasteiger partial charge in [0.15, 0.2) is 0 Å². The molecule has 10 heteroatoms. The van der Waals surface area contributed by atoms with Crippen LogP contribution in [0, 0.1) is 0 Å². The number of rotatable bonds is 12. The van der Waals surface area contributed by atoms with Crippen molar-refractivity contribution < 1.29 is 22.7 Å². The van der Waals surface area contributed by atoms with Crippen molar-refractivity contribution in [2.75, 3.05) is 18.0 Å². The molecule has 1 aliphatic carbocycles. The minimum Gasteiger partial charge on any atom is -0.497 e. The lowest BCUT2D eigenvalue weighted by molar-refractivity contribution is -0.140. The van der Waals surface area contributed by atoms with Crippen molar-refractivity contribution in [3.05, 3.63) is 89.4 Å². The molecule has 1 atom stereocenters. The third-order valence-corrected chi connectivity index (χ3v) is 9.33. The average Bonchev–Trinajstić information content (AvgIpc) is 3.49. The van der Waals surface area contributed by atoms with E-state index in [1.54, 1.807) is 55.6 Å². The zero-order valence-corrected chi connectivity index (χ0v) is 24.9. The highest BCUT2D eigenvalue weighted by Crippen LogP contribution is 2.27. The highest BCUT2D eigenvalue weighted by atomic mass is 35.5. The maximum Gasteiger partial charge on any atom is 0.264 e. The van der Waals surface area contributed by atoms with Gasteiger partial charge in [0.25, 0.3) is 10.0 Å². The molecule has 3 aromatic carbocycles. The number of sulfonamides is 1. The number of hydrogen-bond acceptors (Lipinski definition) is 5. The predicted molar refractivity (Wildman–Crippen MR) is 160 cm³/mol. The smallest absolute Gasteiger partial charge is 0.264 e. The van der Waals surface area contributed by atoms with Gasteiger partial charge in [0, 0.05) is 17.6 Å². The molecule has 3 aromatic rings. The van der Waals surface area contributed by atoms with Gasteiger partial charge >= 0.3 is 0 Å². The zero-order chi connectivity index (χ0) is 29.4. The average molecular weight is 598 g/mol. The number of methoxy groups -OCH3 is 1. The van der Waals surface area contributed by atoms with E-state index in [1.165, 1.54) is 23.1 Å². The van der Waals surface area contributed by atoms with Crippen molar-refractivity contribution in [1.29, 1.82) is 0 Å². The molecule has 8 nitrogen and oxygen atoms in total. The molecule has 4 rings (SSSR count). The Morgan fingerprint density at radius 3 is 2.29 bits per heavy atom. The summed E-state index contributed by atoms with van der Waals surface area (Å²) in [4.78, 5) is 29.2. The van der Waals surface area contributed by atoms with E-state index in [2.05, 4.69) is 5.32 Å². The fourth-order valence-corrected chi connectivity index (χ4v) is 6.71. The first-order valence-electron chi connectivity index (χ1n) is 13.8. The summed E-state index contributed by atoms with van der Waals surface area (Å²) in [5, 5.41) is 3.45. The SMILES string of the molecule is CC[C@H](C(=O)NC1CCCC1)N(Cc1ccc(OC)cc1)C(=O)CN(c1cccc(Cl)c1)S(=O)(=O)c1ccccc1. The van der Waals surface area contributed by atoms with Gasteiger partial charge in [-0.3, -0.25) is 13.9 Å². The van der Waals surface area contributed by atoms with Gasteiger partial charge in [-0.1, -0.05) is 67.8 Å². The number of anilines is 1. The van der Waals surface area contributed by atoms with Gasteiger partial charge in [-0.15, -0.1) is 0 Å². The van der Waals surface area contributed by atoms with Gasteiger partial charge < -0.3 is 15.0 Å². The number of amides is 2. The van der Waals surface area contributed by atoms with Crippen LogP contribution in [0.3, 0.4) is 0 Å². The molecule has 0 saturated heterocycles. The molecule has 1 saturated carbocycles. The fourth-order valence-electron chi connectivity index (χ4n) is 5.09. The van der Waals surface area contributed by atoms with Crippen LogP contribution in [0.5, 0.6) is 5.75 Å². The van der Waals surface area contributed by atoms with Crippen LogP contribution in [0.25, 0.3) is 0 Å². The summed E-state index contributed by atoms with van der Waals surface area (Å²) in [7, 11) is -2.57. The van der Waals surface area contributed by atoms with Gasteiger partial charge in [-0.05, 0) is 67.3 Å². The molecule has 0 bridgehead atoms. The number of hydrogen-bond donors (Lipinski definition) is 1. The van der Waals surface area contributed by atoms with Gasteiger partial charge in [0.05, 0.1) is 17.7 Å². The van der Waals surface area contributed by atoms with Crippen LogP contribution in [0.2, 0.25) is 5.02 Å². The quantitative estimate of drug-likeness (QED) is 0.301. The molecular formula is C31H36ClN3O5S. The second-order valence-electron chi connectivity index (χ2n) is 10.1. The summed E-state index contributed by atoms with van der Waals surface area (Å²) in [5.41, 5.74) is 1.04. The summed E-state index contributed by atoms with van der Waals surface area (Å²) >= 11 is 6.23. The highest BCUT2D eigenvalue weighted by molar-refractivity contribution is 7.92. The molecular weight excluding hydrogens is 562 g/mol. The molecule has 1 N–H and O–H groups in total. The molecule has 218 valence electrons. The van der Waals surface area contributed by atoms with Crippen molar-refractivity contribution in [2.45, 2.75) is 62.6 Å². The summed E-state index contributed by atoms with van der Waals surface area (Å²) < 4.78 is 34.0. The zero-order valence-electron chi connectivity index (χ0n) is 23.3. The van der Waals surface area contributed by atoms with E-state index < -0.39 is 28.5 Å². The highest BCUT2D eigenvalue weighted by Gasteiger charge is 2.34. The Morgan fingerprint density at radius 2 is 1.68 bits per heavy atom. The van der Waals surface area contributed by atoms with Crippen LogP contribution in [-0.4, -0.2) is 50.9 Å². The van der Waals surface area contributed by atoms with Gasteiger partial charge in [-0.25, -0.2) is 8.42 Å². The third-order valence-electron chi connectivity index (χ3n) is 7.31. The normalized spacial score (nSPS) is 14.3. The summed E-state index contributed by atoms with van der Waals surface area (Å²) in [5.74, 6) is -0.0751. The minimum atomic E-state index is -4.14. The number of benzene rings is 3. The first-order valence-corrected chi connectivity index (χ1v) is 15.6. The molecule has 41 heavy (non-hydrogen) atoms. The van der Waals surface area contributed by atoms with Crippen molar-refractivity contribution >= 4 is 39.1 Å². The van der Waals surface area contributed by atoms with Crippen molar-refractivity contribution in [1.82, 2.24) is 10.2 Å². The fraction of sp³-hybridized carbons (Fsp3) is 0.355. The van der Waals surface area contributed by atoms with E-state index in [0.29, 0.717) is 17.2 Å². The lowest BCUT2D eigenvalue weighted by atomic mass is 10.1. The number of carbonyl (C=O) groups is 2. The van der Waals surface area contributed by atoms with E-state index in [0.717, 1.165) is 35.6 Å². The van der Waals surface area contributed by atoms with E-state index in [4.69, 9.17) is 16.3 Å². The largest absolute Gasteiger partial charge is 0.497 e. The van der Waals surface area contributed by atoms with E-state index in [1.807, 2.05) is 19.1 Å². The van der Waals surface area contributed by atoms with E-state index in [-0.39, 0.29) is 29.1 Å². The summed E-state index contributed by atoms with van der Waals surface area (Å²) in [6.45, 7) is 1.46. The number of nitrogens with one attached hydrogen (secondary N) is 1. The number of halogens is 1. The molecule has 0 radical (unpaired) electrons. The standard InChI is InChI=1S/C31H36ClN3O5S/c1-3-29(31(37)33-25-11-7-8-12-25)34(21-23-16-18-27(40-2)19-17-23)30(36)22-35(26-13-9-10-24(32)20-26)41(38,39)28-14-5-4-6-15-28/h4-6,9-10,13-20,25,29H,3,7-8,11-12,21-22H2,1-2H3,(H,33,37)/t29-/m1/s1. The van der Waals surface area contributed by atoms with Gasteiger partial charge in [0.2, 0.25) is 11.8 Å². The maximum atomic E-state index is 14.1. The maximum absolute atomic E-state index is 14.1. The lowest BCUT2D eigenvalue weighted by Gasteiger charge is -2.33. The first kappa shape index (κ1) is 30.4. The Kier molecular flexibility index (Phi) is 10.3. The second kappa shape index (κ2) is 13.9. The number of ether oxygens (including phenoxy) is 1. The Hall–Kier alpha value is -3.56. The predicted octanol–water partition coefficient (Wildman–Crippen LogP) is 5.41. The Labute approximate surface area is 247 Å². The monoisotopic (exact) mass is 597 g/mol. The number of carbonyl (C=O) groups excluding carboxylic acids is 2. The molecule has 0 aromatic heterocycles. The third kappa shape index (κ3) is 7.59. The van der Waals surface area contributed by atoms with Crippen LogP contribution in [0.1, 0.15) is 44.6 Å². The second-order valence-corrected chi connectivity index (χ2v) is 12.4. The first-order chi connectivity index (χ1) is 19.7. The van der Waals surface area contributed by atoms with Crippen molar-refractivity contribution in [2.24, 2.45) is 0 Å². The molecule has 0 aliphatic heterocycles. The van der Waals surface area contributed by atoms with Crippen molar-refractivity contribution in [3.8, 4) is 5.75 Å². The van der Waals surface area contributed by atoms with E-state index >= 15 is 0 Å². The van der Waals surface area contributed by atoms with E-state index in [9.17, 15) is 18.0 Å². The van der Waals surface area contributed by atoms with Crippen LogP contribution in [0.4, 0.5) is 5.69 Å². The van der Waals surface area contributed by atoms with Crippen LogP contribution in [-0.2, 0) is 26.2 Å². The molecule has 0 heterocycles. The molecule has 1 fully saturated rings. The molecule has 2 amide bonds. The van der Waals surface area contributed by atoms with Crippen LogP contribution in [0.15, 0.2) is 83.8 Å². The Balaban J connectivity index is 1.70. The summed E-state index contributed by atoms with van der Waals surface area (Å²) in [6, 6.07) is 20.8. The molecule has 0 spiro atoms. The molecule has 0 unspecified atom stereocenters. The van der Waals surface area contributed by atoms with Gasteiger partial charge in [0.1, 0.15) is 18.3 Å². The molecule has 1 aliphatic rings. The Morgan fingerprint density at radius 1 is 1.00 bits per heavy atom. The summed E-state index contributed by atoms with van der Waals surface area (Å²) in [6.07, 6.45) is 4.30. The van der Waals surface area contributed by atoms with Crippen LogP contribution >= 0.6 is 11.6 Å². The van der Waals surface area contributed by atoms with Crippen LogP contribution < -0.4 is 14.4 Å². The Bertz CT molecular complexity index is 1430. The minimum absolute atomic E-state index is 0.0421.